The summed E-state index contributed by atoms with van der Waals surface area (Å²) in [4.78, 5) is 28.9. The number of hydrogen-bond donors (Lipinski definition) is 1. The third-order valence-electron chi connectivity index (χ3n) is 6.39. The van der Waals surface area contributed by atoms with Crippen molar-refractivity contribution in [3.63, 3.8) is 0 Å². The molecule has 0 saturated carbocycles. The van der Waals surface area contributed by atoms with Gasteiger partial charge in [0.25, 0.3) is 10.0 Å². The minimum Gasteiger partial charge on any atom is -0.350 e. The van der Waals surface area contributed by atoms with Crippen molar-refractivity contribution in [2.24, 2.45) is 0 Å². The van der Waals surface area contributed by atoms with Gasteiger partial charge in [0.05, 0.1) is 10.6 Å². The van der Waals surface area contributed by atoms with Crippen molar-refractivity contribution >= 4 is 27.5 Å². The summed E-state index contributed by atoms with van der Waals surface area (Å²) in [5, 5.41) is 2.93. The number of carbonyl (C=O) groups is 2. The van der Waals surface area contributed by atoms with Crippen LogP contribution in [0.4, 0.5) is 10.1 Å². The van der Waals surface area contributed by atoms with Gasteiger partial charge in [0.2, 0.25) is 11.8 Å². The molecule has 2 amide bonds. The van der Waals surface area contributed by atoms with Crippen molar-refractivity contribution in [2.45, 2.75) is 71.0 Å². The molecule has 0 saturated heterocycles. The monoisotopic (exact) mass is 567 g/mol. The number of amides is 2. The lowest BCUT2D eigenvalue weighted by Gasteiger charge is -2.35. The topological polar surface area (TPSA) is 86.8 Å². The number of nitrogens with one attached hydrogen (secondary N) is 1. The maximum absolute atomic E-state index is 14.1. The first-order chi connectivity index (χ1) is 18.7. The van der Waals surface area contributed by atoms with E-state index in [0.29, 0.717) is 23.2 Å². The number of halogens is 1. The second-order valence-corrected chi connectivity index (χ2v) is 12.8. The molecule has 0 spiro atoms. The Bertz CT molecular complexity index is 1440. The van der Waals surface area contributed by atoms with Crippen LogP contribution in [-0.2, 0) is 26.2 Å². The second-order valence-electron chi connectivity index (χ2n) is 10.9. The molecule has 214 valence electrons. The highest BCUT2D eigenvalue weighted by molar-refractivity contribution is 7.92. The molecule has 1 atom stereocenters. The van der Waals surface area contributed by atoms with Gasteiger partial charge in [0.1, 0.15) is 18.4 Å². The van der Waals surface area contributed by atoms with Gasteiger partial charge in [-0.05, 0) is 88.1 Å². The average Bonchev–Trinajstić information content (AvgIpc) is 2.89. The first-order valence-corrected chi connectivity index (χ1v) is 14.7. The van der Waals surface area contributed by atoms with Crippen molar-refractivity contribution in [2.75, 3.05) is 10.8 Å². The highest BCUT2D eigenvalue weighted by Gasteiger charge is 2.35. The third-order valence-corrected chi connectivity index (χ3v) is 8.17. The normalized spacial score (nSPS) is 12.5. The molecule has 3 rings (SSSR count). The number of sulfonamides is 1. The van der Waals surface area contributed by atoms with Crippen molar-refractivity contribution in [1.82, 2.24) is 10.2 Å². The summed E-state index contributed by atoms with van der Waals surface area (Å²) in [5.41, 5.74) is 1.96. The Hall–Kier alpha value is -3.72. The number of rotatable bonds is 10. The van der Waals surface area contributed by atoms with E-state index < -0.39 is 39.9 Å². The Labute approximate surface area is 237 Å². The zero-order valence-electron chi connectivity index (χ0n) is 23.9. The predicted octanol–water partition coefficient (Wildman–Crippen LogP) is 5.36. The van der Waals surface area contributed by atoms with E-state index in [9.17, 15) is 22.4 Å². The zero-order valence-corrected chi connectivity index (χ0v) is 24.8. The van der Waals surface area contributed by atoms with Gasteiger partial charge in [-0.2, -0.15) is 0 Å². The molecular weight excluding hydrogens is 529 g/mol. The van der Waals surface area contributed by atoms with E-state index in [1.54, 1.807) is 50.2 Å². The molecule has 0 aliphatic heterocycles. The SMILES string of the molecule is CC[C@H](C(=O)NC(C)(C)C)N(Cc1ccc(F)cc1)C(=O)CN(c1cc(C)ccc1C)S(=O)(=O)c1ccccc1. The van der Waals surface area contributed by atoms with Crippen molar-refractivity contribution in [1.29, 1.82) is 0 Å². The lowest BCUT2D eigenvalue weighted by molar-refractivity contribution is -0.141. The summed E-state index contributed by atoms with van der Waals surface area (Å²) in [5.74, 6) is -1.33. The van der Waals surface area contributed by atoms with Crippen molar-refractivity contribution in [3.05, 3.63) is 95.3 Å². The fraction of sp³-hybridized carbons (Fsp3) is 0.355. The summed E-state index contributed by atoms with van der Waals surface area (Å²) < 4.78 is 42.6. The third kappa shape index (κ3) is 7.69. The maximum Gasteiger partial charge on any atom is 0.264 e. The average molecular weight is 568 g/mol. The molecule has 0 bridgehead atoms. The Morgan fingerprint density at radius 3 is 2.15 bits per heavy atom. The molecule has 0 fully saturated rings. The molecule has 0 aliphatic rings. The number of anilines is 1. The van der Waals surface area contributed by atoms with Gasteiger partial charge >= 0.3 is 0 Å². The summed E-state index contributed by atoms with van der Waals surface area (Å²) >= 11 is 0. The van der Waals surface area contributed by atoms with E-state index in [2.05, 4.69) is 5.32 Å². The van der Waals surface area contributed by atoms with E-state index >= 15 is 0 Å². The van der Waals surface area contributed by atoms with Crippen LogP contribution in [0.1, 0.15) is 50.8 Å². The smallest absolute Gasteiger partial charge is 0.264 e. The molecular formula is C31H38FN3O4S. The second kappa shape index (κ2) is 12.6. The van der Waals surface area contributed by atoms with Gasteiger partial charge in [-0.1, -0.05) is 49.4 Å². The van der Waals surface area contributed by atoms with Gasteiger partial charge in [-0.25, -0.2) is 12.8 Å². The predicted molar refractivity (Wildman–Crippen MR) is 156 cm³/mol. The minimum atomic E-state index is -4.15. The fourth-order valence-corrected chi connectivity index (χ4v) is 5.87. The Kier molecular flexibility index (Phi) is 9.73. The van der Waals surface area contributed by atoms with Crippen LogP contribution in [0.3, 0.4) is 0 Å². The van der Waals surface area contributed by atoms with Crippen LogP contribution in [0.25, 0.3) is 0 Å². The van der Waals surface area contributed by atoms with Gasteiger partial charge < -0.3 is 10.2 Å². The lowest BCUT2D eigenvalue weighted by Crippen LogP contribution is -2.55. The minimum absolute atomic E-state index is 0.00120. The van der Waals surface area contributed by atoms with Crippen LogP contribution in [0, 0.1) is 19.7 Å². The first kappa shape index (κ1) is 30.8. The van der Waals surface area contributed by atoms with Crippen LogP contribution in [0.2, 0.25) is 0 Å². The summed E-state index contributed by atoms with van der Waals surface area (Å²) in [6, 6.07) is 18.2. The molecule has 0 aliphatic carbocycles. The van der Waals surface area contributed by atoms with Crippen LogP contribution >= 0.6 is 0 Å². The molecule has 3 aromatic rings. The fourth-order valence-electron chi connectivity index (χ4n) is 4.38. The Balaban J connectivity index is 2.10. The molecule has 0 radical (unpaired) electrons. The maximum atomic E-state index is 14.1. The zero-order chi connectivity index (χ0) is 29.7. The van der Waals surface area contributed by atoms with Gasteiger partial charge in [-0.3, -0.25) is 13.9 Å². The number of aryl methyl sites for hydroxylation is 2. The standard InChI is InChI=1S/C31H38FN3O4S/c1-7-27(30(37)33-31(4,5)6)34(20-24-15-17-25(32)18-16-24)29(36)21-35(28-19-22(2)13-14-23(28)3)40(38,39)26-11-9-8-10-12-26/h8-19,27H,7,20-21H2,1-6H3,(H,33,37)/t27-/m1/s1. The Morgan fingerprint density at radius 2 is 1.57 bits per heavy atom. The van der Waals surface area contributed by atoms with Crippen molar-refractivity contribution < 1.29 is 22.4 Å². The summed E-state index contributed by atoms with van der Waals surface area (Å²) in [7, 11) is -4.15. The van der Waals surface area contributed by atoms with Crippen LogP contribution in [0.15, 0.2) is 77.7 Å². The van der Waals surface area contributed by atoms with Gasteiger partial charge in [-0.15, -0.1) is 0 Å². The van der Waals surface area contributed by atoms with E-state index in [-0.39, 0.29) is 17.3 Å². The highest BCUT2D eigenvalue weighted by Crippen LogP contribution is 2.28. The molecule has 7 nitrogen and oxygen atoms in total. The van der Waals surface area contributed by atoms with E-state index in [1.807, 2.05) is 39.8 Å². The lowest BCUT2D eigenvalue weighted by atomic mass is 10.1. The first-order valence-electron chi connectivity index (χ1n) is 13.2. The number of hydrogen-bond acceptors (Lipinski definition) is 4. The van der Waals surface area contributed by atoms with Crippen LogP contribution in [-0.4, -0.2) is 43.3 Å². The molecule has 0 aromatic heterocycles. The number of benzene rings is 3. The number of nitrogens with zero attached hydrogens (tertiary/aromatic N) is 2. The Morgan fingerprint density at radius 1 is 0.950 bits per heavy atom. The van der Waals surface area contributed by atoms with Crippen LogP contribution < -0.4 is 9.62 Å². The van der Waals surface area contributed by atoms with Gasteiger partial charge in [0, 0.05) is 12.1 Å². The number of carbonyl (C=O) groups excluding carboxylic acids is 2. The molecule has 9 heteroatoms. The quantitative estimate of drug-likeness (QED) is 0.357. The van der Waals surface area contributed by atoms with Crippen molar-refractivity contribution in [3.8, 4) is 0 Å². The van der Waals surface area contributed by atoms with Crippen LogP contribution in [0.5, 0.6) is 0 Å². The summed E-state index contributed by atoms with van der Waals surface area (Å²) in [6.45, 7) is 10.4. The molecule has 0 unspecified atom stereocenters. The molecule has 40 heavy (non-hydrogen) atoms. The summed E-state index contributed by atoms with van der Waals surface area (Å²) in [6.07, 6.45) is 0.295. The molecule has 3 aromatic carbocycles. The van der Waals surface area contributed by atoms with Gasteiger partial charge in [0.15, 0.2) is 0 Å². The largest absolute Gasteiger partial charge is 0.350 e. The van der Waals surface area contributed by atoms with E-state index in [1.165, 1.54) is 29.2 Å². The highest BCUT2D eigenvalue weighted by atomic mass is 32.2. The molecule has 1 N–H and O–H groups in total. The van der Waals surface area contributed by atoms with E-state index in [0.717, 1.165) is 9.87 Å². The molecule has 0 heterocycles. The van der Waals surface area contributed by atoms with E-state index in [4.69, 9.17) is 0 Å².